The molecule has 2 aliphatic heterocycles. The van der Waals surface area contributed by atoms with E-state index >= 15 is 0 Å². The Labute approximate surface area is 138 Å². The van der Waals surface area contributed by atoms with E-state index < -0.39 is 17.6 Å². The molecule has 7 heteroatoms. The van der Waals surface area contributed by atoms with Crippen molar-refractivity contribution < 1.29 is 14.0 Å². The van der Waals surface area contributed by atoms with Crippen LogP contribution < -0.4 is 10.2 Å². The van der Waals surface area contributed by atoms with Crippen LogP contribution in [0, 0.1) is 5.82 Å². The molecule has 3 rings (SSSR count). The molecular formula is C16H16FN3O2S. The third-order valence-electron chi connectivity index (χ3n) is 3.89. The van der Waals surface area contributed by atoms with Gasteiger partial charge in [-0.25, -0.2) is 4.39 Å². The highest BCUT2D eigenvalue weighted by Crippen LogP contribution is 2.22. The zero-order chi connectivity index (χ0) is 16.4. The van der Waals surface area contributed by atoms with Gasteiger partial charge in [0.2, 0.25) is 0 Å². The molecule has 0 atom stereocenters. The van der Waals surface area contributed by atoms with E-state index in [9.17, 15) is 14.0 Å². The van der Waals surface area contributed by atoms with Crippen molar-refractivity contribution in [3.63, 3.8) is 0 Å². The largest absolute Gasteiger partial charge is 0.377 e. The van der Waals surface area contributed by atoms with Crippen LogP contribution in [0.25, 0.3) is 0 Å². The minimum Gasteiger partial charge on any atom is -0.377 e. The average molecular weight is 333 g/mol. The number of nitrogens with zero attached hydrogens (tertiary/aromatic N) is 2. The maximum Gasteiger partial charge on any atom is 0.271 e. The Bertz CT molecular complexity index is 681. The normalized spacial score (nSPS) is 20.9. The van der Waals surface area contributed by atoms with Crippen molar-refractivity contribution in [1.82, 2.24) is 10.2 Å². The molecule has 5 nitrogen and oxygen atoms in total. The van der Waals surface area contributed by atoms with Gasteiger partial charge in [-0.1, -0.05) is 0 Å². The predicted molar refractivity (Wildman–Crippen MR) is 88.1 cm³/mol. The first-order valence-electron chi connectivity index (χ1n) is 7.47. The zero-order valence-corrected chi connectivity index (χ0v) is 13.2. The van der Waals surface area contributed by atoms with Crippen molar-refractivity contribution in [2.75, 3.05) is 18.0 Å². The van der Waals surface area contributed by atoms with Crippen LogP contribution >= 0.6 is 12.2 Å². The van der Waals surface area contributed by atoms with E-state index in [1.165, 1.54) is 29.2 Å². The van der Waals surface area contributed by atoms with Crippen LogP contribution in [0.1, 0.15) is 19.3 Å². The summed E-state index contributed by atoms with van der Waals surface area (Å²) in [7, 11) is 0. The molecule has 2 aliphatic rings. The summed E-state index contributed by atoms with van der Waals surface area (Å²) in [5.74, 6) is -1.39. The van der Waals surface area contributed by atoms with E-state index in [1.54, 1.807) is 6.20 Å². The van der Waals surface area contributed by atoms with Crippen LogP contribution in [0.5, 0.6) is 0 Å². The van der Waals surface area contributed by atoms with Crippen molar-refractivity contribution in [2.45, 2.75) is 19.3 Å². The first-order valence-corrected chi connectivity index (χ1v) is 7.88. The van der Waals surface area contributed by atoms with Crippen LogP contribution in [-0.4, -0.2) is 34.9 Å². The van der Waals surface area contributed by atoms with Gasteiger partial charge in [0.15, 0.2) is 5.11 Å². The predicted octanol–water partition coefficient (Wildman–Crippen LogP) is 1.94. The second kappa shape index (κ2) is 6.45. The monoisotopic (exact) mass is 333 g/mol. The molecule has 2 heterocycles. The Morgan fingerprint density at radius 3 is 2.39 bits per heavy atom. The van der Waals surface area contributed by atoms with Gasteiger partial charge in [-0.15, -0.1) is 0 Å². The van der Waals surface area contributed by atoms with Gasteiger partial charge in [-0.05, 0) is 55.7 Å². The lowest BCUT2D eigenvalue weighted by atomic mass is 10.1. The Hall–Kier alpha value is -2.28. The summed E-state index contributed by atoms with van der Waals surface area (Å²) in [6, 6.07) is 5.40. The maximum absolute atomic E-state index is 13.1. The van der Waals surface area contributed by atoms with Crippen LogP contribution in [0.3, 0.4) is 0 Å². The topological polar surface area (TPSA) is 52.7 Å². The Kier molecular flexibility index (Phi) is 4.38. The Morgan fingerprint density at radius 1 is 1.09 bits per heavy atom. The van der Waals surface area contributed by atoms with Crippen molar-refractivity contribution in [3.05, 3.63) is 41.9 Å². The van der Waals surface area contributed by atoms with Crippen molar-refractivity contribution in [2.24, 2.45) is 0 Å². The molecule has 1 aromatic carbocycles. The number of hydrogen-bond acceptors (Lipinski definition) is 4. The molecule has 0 radical (unpaired) electrons. The fourth-order valence-electron chi connectivity index (χ4n) is 2.70. The number of likely N-dealkylation sites (tertiary alicyclic amines) is 1. The number of thiocarbonyl (C=S) groups is 1. The molecule has 1 aromatic rings. The summed E-state index contributed by atoms with van der Waals surface area (Å²) in [6.45, 7) is 1.65. The molecule has 2 amide bonds. The summed E-state index contributed by atoms with van der Waals surface area (Å²) in [4.78, 5) is 28.0. The van der Waals surface area contributed by atoms with Gasteiger partial charge in [-0.2, -0.15) is 0 Å². The minimum atomic E-state index is -0.496. The molecule has 0 spiro atoms. The number of piperidine rings is 1. The Morgan fingerprint density at radius 2 is 1.74 bits per heavy atom. The summed E-state index contributed by atoms with van der Waals surface area (Å²) < 4.78 is 13.1. The highest BCUT2D eigenvalue weighted by Gasteiger charge is 2.35. The number of anilines is 1. The smallest absolute Gasteiger partial charge is 0.271 e. The van der Waals surface area contributed by atoms with Crippen LogP contribution in [0.4, 0.5) is 10.1 Å². The maximum atomic E-state index is 13.1. The molecule has 2 fully saturated rings. The third-order valence-corrected chi connectivity index (χ3v) is 4.17. The molecule has 23 heavy (non-hydrogen) atoms. The number of halogens is 1. The SMILES string of the molecule is O=C1NC(=S)N(c2ccc(F)cc2)C(=O)C1=CN1CCCCC1. The number of benzene rings is 1. The molecule has 2 saturated heterocycles. The van der Waals surface area contributed by atoms with Gasteiger partial charge < -0.3 is 4.90 Å². The van der Waals surface area contributed by atoms with E-state index in [0.29, 0.717) is 5.69 Å². The van der Waals surface area contributed by atoms with Crippen molar-refractivity contribution >= 4 is 34.8 Å². The van der Waals surface area contributed by atoms with E-state index in [-0.39, 0.29) is 10.7 Å². The first kappa shape index (κ1) is 15.6. The summed E-state index contributed by atoms with van der Waals surface area (Å²) in [6.07, 6.45) is 4.85. The highest BCUT2D eigenvalue weighted by atomic mass is 32.1. The average Bonchev–Trinajstić information content (AvgIpc) is 2.54. The lowest BCUT2D eigenvalue weighted by molar-refractivity contribution is -0.122. The number of amides is 2. The number of carbonyl (C=O) groups excluding carboxylic acids is 2. The van der Waals surface area contributed by atoms with Gasteiger partial charge in [0, 0.05) is 19.3 Å². The lowest BCUT2D eigenvalue weighted by Gasteiger charge is -2.31. The summed E-state index contributed by atoms with van der Waals surface area (Å²) >= 11 is 5.09. The number of nitrogens with one attached hydrogen (secondary N) is 1. The zero-order valence-electron chi connectivity index (χ0n) is 12.4. The van der Waals surface area contributed by atoms with Crippen molar-refractivity contribution in [3.8, 4) is 0 Å². The van der Waals surface area contributed by atoms with Gasteiger partial charge in [0.25, 0.3) is 11.8 Å². The van der Waals surface area contributed by atoms with Gasteiger partial charge in [-0.3, -0.25) is 19.8 Å². The number of rotatable bonds is 2. The molecule has 0 unspecified atom stereocenters. The first-order chi connectivity index (χ1) is 11.1. The molecule has 120 valence electrons. The van der Waals surface area contributed by atoms with E-state index in [4.69, 9.17) is 12.2 Å². The van der Waals surface area contributed by atoms with Crippen LogP contribution in [0.15, 0.2) is 36.0 Å². The van der Waals surface area contributed by atoms with E-state index in [1.807, 2.05) is 4.90 Å². The van der Waals surface area contributed by atoms with E-state index in [0.717, 1.165) is 32.4 Å². The second-order valence-corrected chi connectivity index (χ2v) is 5.90. The fourth-order valence-corrected chi connectivity index (χ4v) is 2.98. The lowest BCUT2D eigenvalue weighted by Crippen LogP contribution is -2.54. The molecule has 0 aliphatic carbocycles. The quantitative estimate of drug-likeness (QED) is 0.511. The Balaban J connectivity index is 1.90. The van der Waals surface area contributed by atoms with Crippen molar-refractivity contribution in [1.29, 1.82) is 0 Å². The molecule has 0 bridgehead atoms. The highest BCUT2D eigenvalue weighted by molar-refractivity contribution is 7.80. The van der Waals surface area contributed by atoms with Gasteiger partial charge >= 0.3 is 0 Å². The summed E-state index contributed by atoms with van der Waals surface area (Å²) in [5, 5.41) is 2.52. The molecule has 1 N–H and O–H groups in total. The standard InChI is InChI=1S/C16H16FN3O2S/c17-11-4-6-12(7-5-11)20-15(22)13(14(21)18-16(20)23)10-19-8-2-1-3-9-19/h4-7,10H,1-3,8-9H2,(H,18,21,23). The van der Waals surface area contributed by atoms with Crippen LogP contribution in [-0.2, 0) is 9.59 Å². The fraction of sp³-hybridized carbons (Fsp3) is 0.312. The summed E-state index contributed by atoms with van der Waals surface area (Å²) in [5.41, 5.74) is 0.468. The van der Waals surface area contributed by atoms with Crippen LogP contribution in [0.2, 0.25) is 0 Å². The van der Waals surface area contributed by atoms with E-state index in [2.05, 4.69) is 5.32 Å². The second-order valence-electron chi connectivity index (χ2n) is 5.52. The third kappa shape index (κ3) is 3.24. The number of carbonyl (C=O) groups is 2. The molecular weight excluding hydrogens is 317 g/mol. The van der Waals surface area contributed by atoms with Gasteiger partial charge in [0.1, 0.15) is 11.4 Å². The number of hydrogen-bond donors (Lipinski definition) is 1. The van der Waals surface area contributed by atoms with Gasteiger partial charge in [0.05, 0.1) is 5.69 Å². The minimum absolute atomic E-state index is 0.00222. The molecule has 0 saturated carbocycles. The molecule has 0 aromatic heterocycles.